The Hall–Kier alpha value is -1.30. The zero-order chi connectivity index (χ0) is 13.9. The molecule has 0 unspecified atom stereocenters. The Bertz CT molecular complexity index is 689. The third-order valence-corrected chi connectivity index (χ3v) is 3.83. The molecule has 2 aromatic rings. The summed E-state index contributed by atoms with van der Waals surface area (Å²) < 4.78 is 28.1. The molecule has 0 saturated carbocycles. The summed E-state index contributed by atoms with van der Waals surface area (Å²) in [5, 5.41) is 0.576. The van der Waals surface area contributed by atoms with E-state index in [1.807, 2.05) is 6.07 Å². The van der Waals surface area contributed by atoms with Crippen LogP contribution >= 0.6 is 22.3 Å². The minimum atomic E-state index is -3.89. The molecule has 0 spiro atoms. The van der Waals surface area contributed by atoms with E-state index >= 15 is 0 Å². The minimum Gasteiger partial charge on any atom is -0.472 e. The standard InChI is InChI=1S/C12H9Cl2NO3S/c13-10-4-1-3-9(7-10)8-18-12-11(19(14,16)17)5-2-6-15-12/h1-7H,8H2. The molecule has 19 heavy (non-hydrogen) atoms. The Balaban J connectivity index is 2.21. The number of hydrogen-bond acceptors (Lipinski definition) is 4. The molecule has 0 bridgehead atoms. The van der Waals surface area contributed by atoms with Crippen LogP contribution in [0.15, 0.2) is 47.5 Å². The van der Waals surface area contributed by atoms with Crippen LogP contribution in [0.3, 0.4) is 0 Å². The lowest BCUT2D eigenvalue weighted by molar-refractivity contribution is 0.285. The minimum absolute atomic E-state index is 0.0301. The highest BCUT2D eigenvalue weighted by Gasteiger charge is 2.17. The van der Waals surface area contributed by atoms with E-state index in [0.717, 1.165) is 5.56 Å². The maximum atomic E-state index is 11.3. The molecular weight excluding hydrogens is 309 g/mol. The van der Waals surface area contributed by atoms with E-state index in [2.05, 4.69) is 4.98 Å². The average molecular weight is 318 g/mol. The van der Waals surface area contributed by atoms with Gasteiger partial charge in [0.05, 0.1) is 0 Å². The second-order valence-electron chi connectivity index (χ2n) is 3.66. The van der Waals surface area contributed by atoms with E-state index in [1.165, 1.54) is 18.3 Å². The van der Waals surface area contributed by atoms with E-state index in [-0.39, 0.29) is 17.4 Å². The molecule has 1 aromatic heterocycles. The van der Waals surface area contributed by atoms with Gasteiger partial charge >= 0.3 is 0 Å². The van der Waals surface area contributed by atoms with Crippen molar-refractivity contribution >= 4 is 31.3 Å². The van der Waals surface area contributed by atoms with Gasteiger partial charge < -0.3 is 4.74 Å². The third-order valence-electron chi connectivity index (χ3n) is 2.26. The number of aromatic nitrogens is 1. The second kappa shape index (κ2) is 5.77. The average Bonchev–Trinajstić information content (AvgIpc) is 2.36. The summed E-state index contributed by atoms with van der Waals surface area (Å²) in [6, 6.07) is 9.85. The summed E-state index contributed by atoms with van der Waals surface area (Å²) in [6.07, 6.45) is 1.43. The van der Waals surface area contributed by atoms with Crippen LogP contribution < -0.4 is 4.74 Å². The first kappa shape index (κ1) is 14.1. The number of benzene rings is 1. The van der Waals surface area contributed by atoms with Crippen molar-refractivity contribution < 1.29 is 13.2 Å². The van der Waals surface area contributed by atoms with Crippen LogP contribution in [0.25, 0.3) is 0 Å². The maximum absolute atomic E-state index is 11.3. The first-order valence-corrected chi connectivity index (χ1v) is 7.92. The van der Waals surface area contributed by atoms with Crippen molar-refractivity contribution in [2.24, 2.45) is 0 Å². The highest BCUT2D eigenvalue weighted by atomic mass is 35.7. The highest BCUT2D eigenvalue weighted by molar-refractivity contribution is 8.13. The third kappa shape index (κ3) is 3.83. The Kier molecular flexibility index (Phi) is 4.29. The number of ether oxygens (including phenoxy) is 1. The van der Waals surface area contributed by atoms with Crippen molar-refractivity contribution in [2.45, 2.75) is 11.5 Å². The summed E-state index contributed by atoms with van der Waals surface area (Å²) in [6.45, 7) is 0.150. The van der Waals surface area contributed by atoms with Gasteiger partial charge in [-0.1, -0.05) is 23.7 Å². The topological polar surface area (TPSA) is 56.3 Å². The molecule has 0 aliphatic carbocycles. The predicted molar refractivity (Wildman–Crippen MR) is 73.1 cm³/mol. The number of rotatable bonds is 4. The molecule has 100 valence electrons. The molecule has 0 aliphatic rings. The lowest BCUT2D eigenvalue weighted by Crippen LogP contribution is -2.02. The van der Waals surface area contributed by atoms with Gasteiger partial charge in [-0.05, 0) is 29.8 Å². The van der Waals surface area contributed by atoms with Crippen LogP contribution in [0, 0.1) is 0 Å². The smallest absolute Gasteiger partial charge is 0.266 e. The fourth-order valence-corrected chi connectivity index (χ4v) is 2.57. The number of halogens is 2. The SMILES string of the molecule is O=S(=O)(Cl)c1cccnc1OCc1cccc(Cl)c1. The van der Waals surface area contributed by atoms with Crippen LogP contribution in [-0.4, -0.2) is 13.4 Å². The second-order valence-corrected chi connectivity index (χ2v) is 6.63. The van der Waals surface area contributed by atoms with Crippen molar-refractivity contribution in [3.8, 4) is 5.88 Å². The molecule has 4 nitrogen and oxygen atoms in total. The fourth-order valence-electron chi connectivity index (χ4n) is 1.45. The van der Waals surface area contributed by atoms with Crippen LogP contribution in [-0.2, 0) is 15.7 Å². The van der Waals surface area contributed by atoms with Gasteiger partial charge in [-0.3, -0.25) is 0 Å². The van der Waals surface area contributed by atoms with Gasteiger partial charge in [0.15, 0.2) is 0 Å². The molecule has 0 amide bonds. The molecule has 0 radical (unpaired) electrons. The Morgan fingerprint density at radius 1 is 1.21 bits per heavy atom. The van der Waals surface area contributed by atoms with Crippen molar-refractivity contribution in [2.75, 3.05) is 0 Å². The molecule has 0 aliphatic heterocycles. The van der Waals surface area contributed by atoms with E-state index in [0.29, 0.717) is 5.02 Å². The number of pyridine rings is 1. The molecule has 0 fully saturated rings. The summed E-state index contributed by atoms with van der Waals surface area (Å²) in [4.78, 5) is 3.71. The van der Waals surface area contributed by atoms with Crippen LogP contribution in [0.5, 0.6) is 5.88 Å². The molecule has 0 N–H and O–H groups in total. The van der Waals surface area contributed by atoms with E-state index in [4.69, 9.17) is 27.0 Å². The molecule has 7 heteroatoms. The van der Waals surface area contributed by atoms with Crippen LogP contribution in [0.4, 0.5) is 0 Å². The lowest BCUT2D eigenvalue weighted by Gasteiger charge is -2.08. The van der Waals surface area contributed by atoms with Gasteiger partial charge in [0.25, 0.3) is 9.05 Å². The largest absolute Gasteiger partial charge is 0.472 e. The molecule has 0 saturated heterocycles. The first-order chi connectivity index (χ1) is 8.97. The predicted octanol–water partition coefficient (Wildman–Crippen LogP) is 3.24. The zero-order valence-electron chi connectivity index (χ0n) is 9.58. The van der Waals surface area contributed by atoms with Crippen molar-refractivity contribution in [3.05, 3.63) is 53.2 Å². The van der Waals surface area contributed by atoms with Gasteiger partial charge in [-0.15, -0.1) is 0 Å². The number of hydrogen-bond donors (Lipinski definition) is 0. The van der Waals surface area contributed by atoms with Gasteiger partial charge in [0.1, 0.15) is 11.5 Å². The van der Waals surface area contributed by atoms with Gasteiger partial charge in [0.2, 0.25) is 5.88 Å². The number of nitrogens with zero attached hydrogens (tertiary/aromatic N) is 1. The van der Waals surface area contributed by atoms with Gasteiger partial charge in [-0.25, -0.2) is 13.4 Å². The molecular formula is C12H9Cl2NO3S. The summed E-state index contributed by atoms with van der Waals surface area (Å²) >= 11 is 5.84. The molecule has 1 heterocycles. The fraction of sp³-hybridized carbons (Fsp3) is 0.0833. The van der Waals surface area contributed by atoms with Crippen molar-refractivity contribution in [3.63, 3.8) is 0 Å². The normalized spacial score (nSPS) is 11.3. The van der Waals surface area contributed by atoms with E-state index in [1.54, 1.807) is 18.2 Å². The van der Waals surface area contributed by atoms with Crippen LogP contribution in [0.2, 0.25) is 5.02 Å². The highest BCUT2D eigenvalue weighted by Crippen LogP contribution is 2.24. The van der Waals surface area contributed by atoms with Gasteiger partial charge in [0, 0.05) is 21.9 Å². The first-order valence-electron chi connectivity index (χ1n) is 5.24. The summed E-state index contributed by atoms with van der Waals surface area (Å²) in [5.74, 6) is -0.0301. The van der Waals surface area contributed by atoms with Crippen molar-refractivity contribution in [1.29, 1.82) is 0 Å². The Labute approximate surface area is 120 Å². The van der Waals surface area contributed by atoms with E-state index in [9.17, 15) is 8.42 Å². The van der Waals surface area contributed by atoms with E-state index < -0.39 is 9.05 Å². The van der Waals surface area contributed by atoms with Crippen LogP contribution in [0.1, 0.15) is 5.56 Å². The molecule has 0 atom stereocenters. The molecule has 2 rings (SSSR count). The Morgan fingerprint density at radius 2 is 2.00 bits per heavy atom. The zero-order valence-corrected chi connectivity index (χ0v) is 11.9. The monoisotopic (exact) mass is 317 g/mol. The van der Waals surface area contributed by atoms with Gasteiger partial charge in [-0.2, -0.15) is 0 Å². The Morgan fingerprint density at radius 3 is 2.68 bits per heavy atom. The summed E-state index contributed by atoms with van der Waals surface area (Å²) in [5.41, 5.74) is 0.802. The van der Waals surface area contributed by atoms with Crippen molar-refractivity contribution in [1.82, 2.24) is 4.98 Å². The quantitative estimate of drug-likeness (QED) is 0.812. The lowest BCUT2D eigenvalue weighted by atomic mass is 10.2. The maximum Gasteiger partial charge on any atom is 0.266 e. The summed E-state index contributed by atoms with van der Waals surface area (Å²) in [7, 11) is 1.41. The molecule has 1 aromatic carbocycles.